The van der Waals surface area contributed by atoms with E-state index in [-0.39, 0.29) is 11.5 Å². The zero-order valence-electron chi connectivity index (χ0n) is 16.6. The van der Waals surface area contributed by atoms with E-state index in [2.05, 4.69) is 20.3 Å². The molecule has 1 N–H and O–H groups in total. The van der Waals surface area contributed by atoms with Gasteiger partial charge in [0.1, 0.15) is 5.75 Å². The minimum Gasteiger partial charge on any atom is -0.497 e. The summed E-state index contributed by atoms with van der Waals surface area (Å²) in [5.74, 6) is -0.683. The molecule has 1 aliphatic heterocycles. The fraction of sp³-hybridized carbons (Fsp3) is 0.143. The van der Waals surface area contributed by atoms with Gasteiger partial charge in [0.15, 0.2) is 6.04 Å². The van der Waals surface area contributed by atoms with Gasteiger partial charge in [-0.1, -0.05) is 6.07 Å². The van der Waals surface area contributed by atoms with Gasteiger partial charge in [-0.3, -0.25) is 4.79 Å². The number of carboxylic acid groups (broad SMARTS) is 1. The summed E-state index contributed by atoms with van der Waals surface area (Å²) < 4.78 is 5.17. The number of hydrogen-bond acceptors (Lipinski definition) is 8. The Kier molecular flexibility index (Phi) is 5.54. The maximum absolute atomic E-state index is 12.9. The highest BCUT2D eigenvalue weighted by molar-refractivity contribution is 7.14. The van der Waals surface area contributed by atoms with E-state index in [0.29, 0.717) is 16.5 Å². The zero-order valence-corrected chi connectivity index (χ0v) is 17.4. The molecule has 0 radical (unpaired) electrons. The Morgan fingerprint density at radius 1 is 1.23 bits per heavy atom. The monoisotopic (exact) mass is 435 g/mol. The number of hydrogen-bond donors (Lipinski definition) is 1. The van der Waals surface area contributed by atoms with Crippen molar-refractivity contribution in [2.75, 3.05) is 12.1 Å². The van der Waals surface area contributed by atoms with Gasteiger partial charge >= 0.3 is 5.97 Å². The van der Waals surface area contributed by atoms with Crippen LogP contribution in [-0.2, 0) is 4.79 Å². The average molecular weight is 435 g/mol. The van der Waals surface area contributed by atoms with Crippen LogP contribution in [0.5, 0.6) is 5.75 Å². The van der Waals surface area contributed by atoms with E-state index >= 15 is 0 Å². The minimum atomic E-state index is -1.06. The molecule has 1 aliphatic rings. The van der Waals surface area contributed by atoms with Gasteiger partial charge in [-0.05, 0) is 49.4 Å². The Morgan fingerprint density at radius 2 is 2.00 bits per heavy atom. The molecule has 0 saturated heterocycles. The lowest BCUT2D eigenvalue weighted by molar-refractivity contribution is -0.117. The third-order valence-electron chi connectivity index (χ3n) is 4.54. The van der Waals surface area contributed by atoms with E-state index in [1.807, 2.05) is 29.6 Å². The fourth-order valence-electron chi connectivity index (χ4n) is 2.91. The molecule has 1 amide bonds. The molecular formula is C21H17N5O4S. The van der Waals surface area contributed by atoms with Gasteiger partial charge in [0, 0.05) is 10.9 Å². The molecule has 1 atom stereocenters. The number of anilines is 1. The normalized spacial score (nSPS) is 16.1. The number of carbonyl (C=O) groups excluding carboxylic acids is 1. The number of aromatic nitrogens is 1. The van der Waals surface area contributed by atoms with Crippen molar-refractivity contribution in [3.63, 3.8) is 0 Å². The molecule has 1 aromatic heterocycles. The van der Waals surface area contributed by atoms with Gasteiger partial charge in [0.25, 0.3) is 5.91 Å². The first-order valence-corrected chi connectivity index (χ1v) is 10.1. The molecule has 2 aromatic carbocycles. The quantitative estimate of drug-likeness (QED) is 0.576. The van der Waals surface area contributed by atoms with Gasteiger partial charge in [0.05, 0.1) is 29.8 Å². The summed E-state index contributed by atoms with van der Waals surface area (Å²) in [6.45, 7) is 1.69. The van der Waals surface area contributed by atoms with Crippen LogP contribution in [0.25, 0.3) is 11.3 Å². The number of hydrazone groups is 1. The molecule has 0 bridgehead atoms. The second-order valence-electron chi connectivity index (χ2n) is 6.61. The molecule has 0 saturated carbocycles. The molecule has 2 heterocycles. The standard InChI is InChI=1S/C21H17N5O4S/c1-12-18(24-23-15-5-3-4-14(10-15)20(28)29)19(27)26(25-12)21-22-17(11-31-21)13-6-8-16(30-2)9-7-13/h3-11,18H,1-2H3,(H,28,29)/t18-/m0/s1. The highest BCUT2D eigenvalue weighted by Gasteiger charge is 2.36. The predicted molar refractivity (Wildman–Crippen MR) is 116 cm³/mol. The van der Waals surface area contributed by atoms with Crippen molar-refractivity contribution in [2.45, 2.75) is 13.0 Å². The van der Waals surface area contributed by atoms with E-state index in [0.717, 1.165) is 17.0 Å². The largest absolute Gasteiger partial charge is 0.497 e. The number of methoxy groups -OCH3 is 1. The third kappa shape index (κ3) is 4.19. The molecule has 4 rings (SSSR count). The summed E-state index contributed by atoms with van der Waals surface area (Å²) in [7, 11) is 1.60. The van der Waals surface area contributed by atoms with Crippen molar-refractivity contribution in [1.29, 1.82) is 0 Å². The van der Waals surface area contributed by atoms with Gasteiger partial charge < -0.3 is 9.84 Å². The summed E-state index contributed by atoms with van der Waals surface area (Å²) in [6, 6.07) is 12.6. The number of rotatable bonds is 6. The van der Waals surface area contributed by atoms with Crippen LogP contribution >= 0.6 is 11.3 Å². The fourth-order valence-corrected chi connectivity index (χ4v) is 3.70. The van der Waals surface area contributed by atoms with E-state index in [1.54, 1.807) is 26.2 Å². The number of azo groups is 1. The Morgan fingerprint density at radius 3 is 2.71 bits per heavy atom. The van der Waals surface area contributed by atoms with Crippen molar-refractivity contribution in [1.82, 2.24) is 4.98 Å². The maximum atomic E-state index is 12.9. The Bertz CT molecular complexity index is 1200. The lowest BCUT2D eigenvalue weighted by Gasteiger charge is -2.08. The number of thiazole rings is 1. The first-order chi connectivity index (χ1) is 15.0. The maximum Gasteiger partial charge on any atom is 0.335 e. The third-order valence-corrected chi connectivity index (χ3v) is 5.35. The van der Waals surface area contributed by atoms with Crippen molar-refractivity contribution >= 4 is 39.7 Å². The topological polar surface area (TPSA) is 117 Å². The molecule has 156 valence electrons. The summed E-state index contributed by atoms with van der Waals surface area (Å²) >= 11 is 1.30. The van der Waals surface area contributed by atoms with Crippen molar-refractivity contribution in [3.8, 4) is 17.0 Å². The second-order valence-corrected chi connectivity index (χ2v) is 7.45. The van der Waals surface area contributed by atoms with E-state index < -0.39 is 12.0 Å². The minimum absolute atomic E-state index is 0.0926. The van der Waals surface area contributed by atoms with Gasteiger partial charge in [-0.2, -0.15) is 20.3 Å². The number of carbonyl (C=O) groups is 2. The number of ether oxygens (including phenoxy) is 1. The Balaban J connectivity index is 1.52. The van der Waals surface area contributed by atoms with Crippen LogP contribution in [0.3, 0.4) is 0 Å². The number of nitrogens with zero attached hydrogens (tertiary/aromatic N) is 5. The summed E-state index contributed by atoms with van der Waals surface area (Å²) in [5, 5.41) is 25.0. The summed E-state index contributed by atoms with van der Waals surface area (Å²) in [6.07, 6.45) is 0. The van der Waals surface area contributed by atoms with Gasteiger partial charge in [-0.25, -0.2) is 9.78 Å². The predicted octanol–water partition coefficient (Wildman–Crippen LogP) is 4.39. The van der Waals surface area contributed by atoms with Crippen LogP contribution in [0.2, 0.25) is 0 Å². The van der Waals surface area contributed by atoms with Crippen LogP contribution in [0.1, 0.15) is 17.3 Å². The number of benzene rings is 2. The summed E-state index contributed by atoms with van der Waals surface area (Å²) in [5.41, 5.74) is 2.53. The number of aromatic carboxylic acids is 1. The Labute approximate surface area is 181 Å². The molecule has 0 unspecified atom stereocenters. The van der Waals surface area contributed by atoms with Crippen molar-refractivity contribution in [2.24, 2.45) is 15.3 Å². The van der Waals surface area contributed by atoms with Crippen LogP contribution in [0.15, 0.2) is 69.2 Å². The van der Waals surface area contributed by atoms with Crippen LogP contribution < -0.4 is 9.75 Å². The smallest absolute Gasteiger partial charge is 0.335 e. The number of carboxylic acids is 1. The van der Waals surface area contributed by atoms with Crippen molar-refractivity contribution < 1.29 is 19.4 Å². The molecule has 0 spiro atoms. The highest BCUT2D eigenvalue weighted by atomic mass is 32.1. The van der Waals surface area contributed by atoms with E-state index in [4.69, 9.17) is 9.84 Å². The summed E-state index contributed by atoms with van der Waals surface area (Å²) in [4.78, 5) is 28.5. The molecule has 0 fully saturated rings. The second kappa shape index (κ2) is 8.44. The lowest BCUT2D eigenvalue weighted by Crippen LogP contribution is -2.29. The molecule has 9 nitrogen and oxygen atoms in total. The van der Waals surface area contributed by atoms with Gasteiger partial charge in [0.2, 0.25) is 5.13 Å². The molecule has 3 aromatic rings. The molecular weight excluding hydrogens is 418 g/mol. The number of amides is 1. The van der Waals surface area contributed by atoms with Crippen LogP contribution in [-0.4, -0.2) is 40.8 Å². The van der Waals surface area contributed by atoms with E-state index in [9.17, 15) is 9.59 Å². The first-order valence-electron chi connectivity index (χ1n) is 9.19. The van der Waals surface area contributed by atoms with E-state index in [1.165, 1.54) is 28.5 Å². The lowest BCUT2D eigenvalue weighted by atomic mass is 10.2. The molecule has 0 aliphatic carbocycles. The first kappa shape index (κ1) is 20.4. The molecule has 31 heavy (non-hydrogen) atoms. The average Bonchev–Trinajstić information content (AvgIpc) is 3.37. The SMILES string of the molecule is COc1ccc(-c2csc(N3N=C(C)[C@H](N=Nc4cccc(C(=O)O)c4)C3=O)n2)cc1. The molecule has 10 heteroatoms. The van der Waals surface area contributed by atoms with Gasteiger partial charge in [-0.15, -0.1) is 11.3 Å². The van der Waals surface area contributed by atoms with Crippen molar-refractivity contribution in [3.05, 3.63) is 59.5 Å². The van der Waals surface area contributed by atoms with Crippen LogP contribution in [0, 0.1) is 0 Å². The zero-order chi connectivity index (χ0) is 22.0. The Hall–Kier alpha value is -3.92. The highest BCUT2D eigenvalue weighted by Crippen LogP contribution is 2.31. The van der Waals surface area contributed by atoms with Crippen LogP contribution in [0.4, 0.5) is 10.8 Å².